The standard InChI is InChI=1S/C18H21ClN2O3/c1-11(2)24-10-12-5-4-6-13(7-12)21-18(22)14-8-15(19)16(20)9-17(14)23-3/h4-9,11H,10,20H2,1-3H3,(H,21,22). The van der Waals surface area contributed by atoms with E-state index < -0.39 is 0 Å². The van der Waals surface area contributed by atoms with Crippen LogP contribution in [0.15, 0.2) is 36.4 Å². The average Bonchev–Trinajstić information content (AvgIpc) is 2.55. The first-order chi connectivity index (χ1) is 11.4. The highest BCUT2D eigenvalue weighted by molar-refractivity contribution is 6.33. The monoisotopic (exact) mass is 348 g/mol. The highest BCUT2D eigenvalue weighted by Gasteiger charge is 2.15. The molecule has 2 aromatic rings. The van der Waals surface area contributed by atoms with Gasteiger partial charge in [-0.15, -0.1) is 0 Å². The fraction of sp³-hybridized carbons (Fsp3) is 0.278. The van der Waals surface area contributed by atoms with Crippen LogP contribution in [0.5, 0.6) is 5.75 Å². The zero-order valence-corrected chi connectivity index (χ0v) is 14.7. The van der Waals surface area contributed by atoms with Crippen molar-refractivity contribution in [2.45, 2.75) is 26.6 Å². The van der Waals surface area contributed by atoms with E-state index in [1.807, 2.05) is 38.1 Å². The second kappa shape index (κ2) is 8.04. The van der Waals surface area contributed by atoms with Gasteiger partial charge in [-0.25, -0.2) is 0 Å². The summed E-state index contributed by atoms with van der Waals surface area (Å²) in [6.07, 6.45) is 0.143. The van der Waals surface area contributed by atoms with Crippen LogP contribution in [0.3, 0.4) is 0 Å². The second-order valence-electron chi connectivity index (χ2n) is 5.59. The lowest BCUT2D eigenvalue weighted by Gasteiger charge is -2.12. The van der Waals surface area contributed by atoms with Gasteiger partial charge in [0.05, 0.1) is 36.1 Å². The second-order valence-corrected chi connectivity index (χ2v) is 6.00. The van der Waals surface area contributed by atoms with Crippen molar-refractivity contribution in [3.05, 3.63) is 52.5 Å². The van der Waals surface area contributed by atoms with E-state index in [1.54, 1.807) is 0 Å². The highest BCUT2D eigenvalue weighted by atomic mass is 35.5. The molecule has 0 aliphatic heterocycles. The molecule has 0 radical (unpaired) electrons. The maximum Gasteiger partial charge on any atom is 0.259 e. The van der Waals surface area contributed by atoms with E-state index in [2.05, 4.69) is 5.32 Å². The van der Waals surface area contributed by atoms with E-state index in [4.69, 9.17) is 26.8 Å². The molecule has 0 unspecified atom stereocenters. The number of nitrogens with two attached hydrogens (primary N) is 1. The van der Waals surface area contributed by atoms with Gasteiger partial charge >= 0.3 is 0 Å². The van der Waals surface area contributed by atoms with Crippen molar-refractivity contribution in [1.29, 1.82) is 0 Å². The summed E-state index contributed by atoms with van der Waals surface area (Å²) in [4.78, 5) is 12.5. The van der Waals surface area contributed by atoms with Crippen LogP contribution in [0, 0.1) is 0 Å². The van der Waals surface area contributed by atoms with Crippen molar-refractivity contribution in [2.75, 3.05) is 18.2 Å². The van der Waals surface area contributed by atoms with Crippen LogP contribution < -0.4 is 15.8 Å². The molecule has 6 heteroatoms. The summed E-state index contributed by atoms with van der Waals surface area (Å²) < 4.78 is 10.8. The van der Waals surface area contributed by atoms with E-state index >= 15 is 0 Å². The highest BCUT2D eigenvalue weighted by Crippen LogP contribution is 2.29. The lowest BCUT2D eigenvalue weighted by molar-refractivity contribution is 0.0657. The fourth-order valence-corrected chi connectivity index (χ4v) is 2.28. The number of anilines is 2. The summed E-state index contributed by atoms with van der Waals surface area (Å²) >= 11 is 6.01. The Balaban J connectivity index is 2.18. The number of halogens is 1. The van der Waals surface area contributed by atoms with Crippen molar-refractivity contribution in [2.24, 2.45) is 0 Å². The predicted octanol–water partition coefficient (Wildman–Crippen LogP) is 4.11. The first-order valence-corrected chi connectivity index (χ1v) is 7.93. The maximum absolute atomic E-state index is 12.5. The van der Waals surface area contributed by atoms with Crippen LogP contribution in [0.1, 0.15) is 29.8 Å². The van der Waals surface area contributed by atoms with Crippen molar-refractivity contribution in [3.8, 4) is 5.75 Å². The molecule has 0 bridgehead atoms. The van der Waals surface area contributed by atoms with Crippen LogP contribution in [0.25, 0.3) is 0 Å². The largest absolute Gasteiger partial charge is 0.496 e. The van der Waals surface area contributed by atoms with Crippen molar-refractivity contribution in [3.63, 3.8) is 0 Å². The zero-order valence-electron chi connectivity index (χ0n) is 13.9. The Labute approximate surface area is 146 Å². The first kappa shape index (κ1) is 18.1. The molecule has 5 nitrogen and oxygen atoms in total. The number of hydrogen-bond donors (Lipinski definition) is 2. The molecule has 0 atom stereocenters. The molecule has 2 aromatic carbocycles. The Bertz CT molecular complexity index is 732. The van der Waals surface area contributed by atoms with Crippen molar-refractivity contribution < 1.29 is 14.3 Å². The van der Waals surface area contributed by atoms with Crippen LogP contribution in [0.2, 0.25) is 5.02 Å². The van der Waals surface area contributed by atoms with Gasteiger partial charge in [0, 0.05) is 11.8 Å². The van der Waals surface area contributed by atoms with E-state index in [1.165, 1.54) is 19.2 Å². The third kappa shape index (κ3) is 4.63. The Morgan fingerprint density at radius 3 is 2.71 bits per heavy atom. The number of rotatable bonds is 6. The molecule has 0 heterocycles. The Kier molecular flexibility index (Phi) is 6.06. The van der Waals surface area contributed by atoms with Crippen LogP contribution in [-0.2, 0) is 11.3 Å². The van der Waals surface area contributed by atoms with Gasteiger partial charge < -0.3 is 20.5 Å². The number of amides is 1. The first-order valence-electron chi connectivity index (χ1n) is 7.55. The summed E-state index contributed by atoms with van der Waals surface area (Å²) in [5.41, 5.74) is 8.06. The van der Waals surface area contributed by atoms with Crippen LogP contribution in [-0.4, -0.2) is 19.1 Å². The summed E-state index contributed by atoms with van der Waals surface area (Å²) in [5.74, 6) is 0.0457. The lowest BCUT2D eigenvalue weighted by Crippen LogP contribution is -2.14. The van der Waals surface area contributed by atoms with Gasteiger partial charge in [0.25, 0.3) is 5.91 Å². The molecule has 0 fully saturated rings. The summed E-state index contributed by atoms with van der Waals surface area (Å²) in [6.45, 7) is 4.43. The maximum atomic E-state index is 12.5. The topological polar surface area (TPSA) is 73.6 Å². The van der Waals surface area contributed by atoms with E-state index in [9.17, 15) is 4.79 Å². The number of benzene rings is 2. The van der Waals surface area contributed by atoms with Gasteiger partial charge in [0.2, 0.25) is 0 Å². The molecule has 0 saturated heterocycles. The molecule has 0 aliphatic rings. The predicted molar refractivity (Wildman–Crippen MR) is 96.7 cm³/mol. The SMILES string of the molecule is COc1cc(N)c(Cl)cc1C(=O)Nc1cccc(COC(C)C)c1. The van der Waals surface area contributed by atoms with E-state index in [-0.39, 0.29) is 12.0 Å². The van der Waals surface area contributed by atoms with Crippen molar-refractivity contribution in [1.82, 2.24) is 0 Å². The molecule has 2 rings (SSSR count). The van der Waals surface area contributed by atoms with Gasteiger partial charge in [-0.1, -0.05) is 23.7 Å². The quantitative estimate of drug-likeness (QED) is 0.770. The van der Waals surface area contributed by atoms with Gasteiger partial charge in [-0.2, -0.15) is 0 Å². The molecule has 3 N–H and O–H groups in total. The summed E-state index contributed by atoms with van der Waals surface area (Å²) in [7, 11) is 1.48. The van der Waals surface area contributed by atoms with Gasteiger partial charge in [0.15, 0.2) is 0 Å². The normalized spacial score (nSPS) is 10.7. The molecule has 0 saturated carbocycles. The molecule has 128 valence electrons. The fourth-order valence-electron chi connectivity index (χ4n) is 2.12. The van der Waals surface area contributed by atoms with Gasteiger partial charge in [-0.05, 0) is 37.6 Å². The minimum atomic E-state index is -0.323. The number of methoxy groups -OCH3 is 1. The van der Waals surface area contributed by atoms with E-state index in [0.717, 1.165) is 5.56 Å². The summed E-state index contributed by atoms with van der Waals surface area (Å²) in [6, 6.07) is 10.5. The molecule has 0 aromatic heterocycles. The molecular weight excluding hydrogens is 328 g/mol. The molecule has 1 amide bonds. The van der Waals surface area contributed by atoms with Gasteiger partial charge in [0.1, 0.15) is 5.75 Å². The summed E-state index contributed by atoms with van der Waals surface area (Å²) in [5, 5.41) is 3.14. The number of hydrogen-bond acceptors (Lipinski definition) is 4. The number of ether oxygens (including phenoxy) is 2. The third-order valence-electron chi connectivity index (χ3n) is 3.33. The molecule has 0 aliphatic carbocycles. The number of nitrogen functional groups attached to an aromatic ring is 1. The Morgan fingerprint density at radius 1 is 1.29 bits per heavy atom. The van der Waals surface area contributed by atoms with Crippen LogP contribution >= 0.6 is 11.6 Å². The van der Waals surface area contributed by atoms with Crippen LogP contribution in [0.4, 0.5) is 11.4 Å². The molecule has 24 heavy (non-hydrogen) atoms. The third-order valence-corrected chi connectivity index (χ3v) is 3.66. The Hall–Kier alpha value is -2.24. The van der Waals surface area contributed by atoms with Crippen molar-refractivity contribution >= 4 is 28.9 Å². The molecule has 0 spiro atoms. The smallest absolute Gasteiger partial charge is 0.259 e. The van der Waals surface area contributed by atoms with E-state index in [0.29, 0.717) is 34.3 Å². The number of carbonyl (C=O) groups excluding carboxylic acids is 1. The zero-order chi connectivity index (χ0) is 17.7. The Morgan fingerprint density at radius 2 is 2.04 bits per heavy atom. The minimum Gasteiger partial charge on any atom is -0.496 e. The average molecular weight is 349 g/mol. The lowest BCUT2D eigenvalue weighted by atomic mass is 10.1. The number of nitrogens with one attached hydrogen (secondary N) is 1. The molecular formula is C18H21ClN2O3. The van der Waals surface area contributed by atoms with Gasteiger partial charge in [-0.3, -0.25) is 4.79 Å². The minimum absolute atomic E-state index is 0.143. The number of carbonyl (C=O) groups is 1.